The van der Waals surface area contributed by atoms with Crippen LogP contribution in [0, 0.1) is 6.92 Å². The number of nitrogens with one attached hydrogen (secondary N) is 1. The van der Waals surface area contributed by atoms with E-state index in [2.05, 4.69) is 9.71 Å². The molecule has 0 saturated heterocycles. The van der Waals surface area contributed by atoms with Gasteiger partial charge in [0.05, 0.1) is 4.90 Å². The van der Waals surface area contributed by atoms with Crippen LogP contribution in [0.25, 0.3) is 11.3 Å². The van der Waals surface area contributed by atoms with Gasteiger partial charge in [0.15, 0.2) is 11.6 Å². The van der Waals surface area contributed by atoms with Crippen LogP contribution in [0.5, 0.6) is 0 Å². The lowest BCUT2D eigenvalue weighted by Gasteiger charge is -2.07. The Morgan fingerprint density at radius 3 is 2.30 bits per heavy atom. The van der Waals surface area contributed by atoms with Gasteiger partial charge in [-0.2, -0.15) is 4.98 Å². The fraction of sp³-hybridized carbons (Fsp3) is 0.0870. The number of rotatable bonds is 6. The maximum Gasteiger partial charge on any atom is 0.263 e. The monoisotopic (exact) mass is 438 g/mol. The number of anilines is 1. The first kappa shape index (κ1) is 20.2. The Kier molecular flexibility index (Phi) is 5.61. The van der Waals surface area contributed by atoms with Crippen molar-refractivity contribution in [3.8, 4) is 11.3 Å². The zero-order valence-corrected chi connectivity index (χ0v) is 17.7. The molecule has 1 heterocycles. The molecule has 0 aliphatic carbocycles. The maximum atomic E-state index is 12.9. The third-order valence-corrected chi connectivity index (χ3v) is 6.35. The van der Waals surface area contributed by atoms with Crippen LogP contribution >= 0.6 is 11.6 Å². The molecular weight excluding hydrogens is 420 g/mol. The Bertz CT molecular complexity index is 1270. The summed E-state index contributed by atoms with van der Waals surface area (Å²) >= 11 is 6.15. The highest BCUT2D eigenvalue weighted by Crippen LogP contribution is 2.33. The lowest BCUT2D eigenvalue weighted by atomic mass is 10.1. The van der Waals surface area contributed by atoms with Gasteiger partial charge in [0, 0.05) is 17.0 Å². The summed E-state index contributed by atoms with van der Waals surface area (Å²) in [6.07, 6.45) is 0.438. The van der Waals surface area contributed by atoms with E-state index in [0.29, 0.717) is 28.7 Å². The van der Waals surface area contributed by atoms with E-state index < -0.39 is 10.0 Å². The van der Waals surface area contributed by atoms with Crippen molar-refractivity contribution >= 4 is 27.4 Å². The van der Waals surface area contributed by atoms with Crippen LogP contribution in [0.15, 0.2) is 88.2 Å². The zero-order chi connectivity index (χ0) is 21.1. The molecule has 4 rings (SSSR count). The molecule has 0 aliphatic rings. The summed E-state index contributed by atoms with van der Waals surface area (Å²) in [5.74, 6) is 0.904. The summed E-state index contributed by atoms with van der Waals surface area (Å²) in [7, 11) is -3.82. The fourth-order valence-corrected chi connectivity index (χ4v) is 4.19. The molecule has 0 amide bonds. The van der Waals surface area contributed by atoms with Gasteiger partial charge >= 0.3 is 0 Å². The molecule has 30 heavy (non-hydrogen) atoms. The quantitative estimate of drug-likeness (QED) is 0.419. The Morgan fingerprint density at radius 2 is 1.63 bits per heavy atom. The summed E-state index contributed by atoms with van der Waals surface area (Å²) in [5, 5.41) is 0.620. The van der Waals surface area contributed by atoms with Crippen LogP contribution in [0.1, 0.15) is 17.0 Å². The Hall–Kier alpha value is -3.09. The molecule has 0 saturated carbocycles. The van der Waals surface area contributed by atoms with E-state index in [9.17, 15) is 8.42 Å². The van der Waals surface area contributed by atoms with Crippen molar-refractivity contribution in [3.05, 3.63) is 101 Å². The predicted octanol–water partition coefficient (Wildman–Crippen LogP) is 5.70. The smallest absolute Gasteiger partial charge is 0.263 e. The first-order valence-electron chi connectivity index (χ1n) is 9.30. The third-order valence-electron chi connectivity index (χ3n) is 4.57. The van der Waals surface area contributed by atoms with E-state index in [1.807, 2.05) is 43.3 Å². The van der Waals surface area contributed by atoms with Crippen molar-refractivity contribution in [2.75, 3.05) is 4.72 Å². The Labute approximate surface area is 180 Å². The first-order chi connectivity index (χ1) is 14.4. The lowest BCUT2D eigenvalue weighted by Crippen LogP contribution is -2.13. The highest BCUT2D eigenvalue weighted by atomic mass is 35.5. The molecule has 0 unspecified atom stereocenters. The number of hydrogen-bond acceptors (Lipinski definition) is 4. The van der Waals surface area contributed by atoms with E-state index >= 15 is 0 Å². The van der Waals surface area contributed by atoms with E-state index in [0.717, 1.165) is 11.1 Å². The molecule has 0 spiro atoms. The van der Waals surface area contributed by atoms with Crippen LogP contribution in [-0.2, 0) is 16.4 Å². The van der Waals surface area contributed by atoms with Crippen LogP contribution in [0.4, 0.5) is 5.82 Å². The molecule has 7 heteroatoms. The van der Waals surface area contributed by atoms with Crippen molar-refractivity contribution in [1.29, 1.82) is 0 Å². The molecule has 1 aromatic heterocycles. The first-order valence-corrected chi connectivity index (χ1v) is 11.2. The molecule has 1 N–H and O–H groups in total. The standard InChI is InChI=1S/C23H19ClN2O3S/c1-16-14-18(12-13-20(16)24)22-23(26-30(27,28)19-10-6-3-7-11-19)25-21(29-22)15-17-8-4-2-5-9-17/h2-14,26H,15H2,1H3. The number of oxazole rings is 1. The molecule has 0 atom stereocenters. The molecule has 4 aromatic rings. The molecule has 5 nitrogen and oxygen atoms in total. The largest absolute Gasteiger partial charge is 0.438 e. The van der Waals surface area contributed by atoms with Crippen LogP contribution in [0.3, 0.4) is 0 Å². The van der Waals surface area contributed by atoms with Gasteiger partial charge in [-0.25, -0.2) is 8.42 Å². The minimum Gasteiger partial charge on any atom is -0.438 e. The maximum absolute atomic E-state index is 12.9. The van der Waals surface area contributed by atoms with Gasteiger partial charge in [0.25, 0.3) is 10.0 Å². The van der Waals surface area contributed by atoms with Gasteiger partial charge < -0.3 is 4.42 Å². The molecule has 0 aliphatic heterocycles. The van der Waals surface area contributed by atoms with E-state index in [-0.39, 0.29) is 10.7 Å². The summed E-state index contributed by atoms with van der Waals surface area (Å²) in [4.78, 5) is 4.60. The summed E-state index contributed by atoms with van der Waals surface area (Å²) < 4.78 is 34.3. The predicted molar refractivity (Wildman–Crippen MR) is 118 cm³/mol. The number of aromatic nitrogens is 1. The number of sulfonamides is 1. The molecular formula is C23H19ClN2O3S. The van der Waals surface area contributed by atoms with Gasteiger partial charge in [0.1, 0.15) is 0 Å². The van der Waals surface area contributed by atoms with Gasteiger partial charge in [-0.1, -0.05) is 60.1 Å². The van der Waals surface area contributed by atoms with Crippen LogP contribution < -0.4 is 4.72 Å². The summed E-state index contributed by atoms with van der Waals surface area (Å²) in [6, 6.07) is 23.2. The fourth-order valence-electron chi connectivity index (χ4n) is 3.05. The Balaban J connectivity index is 1.76. The summed E-state index contributed by atoms with van der Waals surface area (Å²) in [5.41, 5.74) is 2.55. The lowest BCUT2D eigenvalue weighted by molar-refractivity contribution is 0.519. The summed E-state index contributed by atoms with van der Waals surface area (Å²) in [6.45, 7) is 1.88. The molecule has 0 bridgehead atoms. The highest BCUT2D eigenvalue weighted by Gasteiger charge is 2.22. The molecule has 152 valence electrons. The normalized spacial score (nSPS) is 11.4. The van der Waals surface area contributed by atoms with E-state index in [1.165, 1.54) is 12.1 Å². The van der Waals surface area contributed by atoms with Crippen molar-refractivity contribution in [1.82, 2.24) is 4.98 Å². The van der Waals surface area contributed by atoms with Crippen molar-refractivity contribution < 1.29 is 12.8 Å². The van der Waals surface area contributed by atoms with Gasteiger partial charge in [-0.05, 0) is 48.4 Å². The average Bonchev–Trinajstić information content (AvgIpc) is 3.13. The van der Waals surface area contributed by atoms with Gasteiger partial charge in [0.2, 0.25) is 5.89 Å². The number of aryl methyl sites for hydroxylation is 1. The topological polar surface area (TPSA) is 72.2 Å². The Morgan fingerprint density at radius 1 is 0.967 bits per heavy atom. The van der Waals surface area contributed by atoms with Crippen molar-refractivity contribution in [2.24, 2.45) is 0 Å². The third kappa shape index (κ3) is 4.40. The molecule has 0 radical (unpaired) electrons. The van der Waals surface area contributed by atoms with E-state index in [4.69, 9.17) is 16.0 Å². The number of hydrogen-bond donors (Lipinski definition) is 1. The molecule has 3 aromatic carbocycles. The van der Waals surface area contributed by atoms with E-state index in [1.54, 1.807) is 30.3 Å². The zero-order valence-electron chi connectivity index (χ0n) is 16.2. The second-order valence-electron chi connectivity index (χ2n) is 6.83. The second-order valence-corrected chi connectivity index (χ2v) is 8.92. The minimum atomic E-state index is -3.82. The van der Waals surface area contributed by atoms with Gasteiger partial charge in [-0.3, -0.25) is 4.72 Å². The van der Waals surface area contributed by atoms with Gasteiger partial charge in [-0.15, -0.1) is 0 Å². The van der Waals surface area contributed by atoms with Crippen LogP contribution in [-0.4, -0.2) is 13.4 Å². The average molecular weight is 439 g/mol. The number of benzene rings is 3. The van der Waals surface area contributed by atoms with Crippen molar-refractivity contribution in [3.63, 3.8) is 0 Å². The highest BCUT2D eigenvalue weighted by molar-refractivity contribution is 7.92. The SMILES string of the molecule is Cc1cc(-c2oc(Cc3ccccc3)nc2NS(=O)(=O)c2ccccc2)ccc1Cl. The number of nitrogens with zero attached hydrogens (tertiary/aromatic N) is 1. The molecule has 0 fully saturated rings. The number of halogens is 1. The van der Waals surface area contributed by atoms with Crippen molar-refractivity contribution in [2.45, 2.75) is 18.2 Å². The second kappa shape index (κ2) is 8.34. The minimum absolute atomic E-state index is 0.145. The van der Waals surface area contributed by atoms with Crippen LogP contribution in [0.2, 0.25) is 5.02 Å².